The Morgan fingerprint density at radius 3 is 2.52 bits per heavy atom. The van der Waals surface area contributed by atoms with Gasteiger partial charge in [0, 0.05) is 30.2 Å². The molecule has 5 aliphatic rings. The number of aromatic nitrogens is 1. The number of carbonyl (C=O) groups excluding carboxylic acids is 3. The SMILES string of the molecule is CC[C@@H]1C[C@@H](C)CC/C=C\[C@@H]2C[C@@]2(C(=O)NS(=O)(=O)C2(CF)CC2)NC(=O)[C@@H]2C[C@@H](Oc3nc4c(c5cc(OC)ccc35)CCCO4)CN2C(=O)[C@H]1N(C(=O)O)C(C)(C)C(C)(F)F. The second-order valence-electron chi connectivity index (χ2n) is 18.6. The smallest absolute Gasteiger partial charge is 0.408 e. The Morgan fingerprint density at radius 1 is 1.16 bits per heavy atom. The van der Waals surface area contributed by atoms with E-state index in [1.807, 2.05) is 23.8 Å². The van der Waals surface area contributed by atoms with Gasteiger partial charge in [0.25, 0.3) is 11.8 Å². The molecule has 3 aliphatic heterocycles. The van der Waals surface area contributed by atoms with Crippen LogP contribution in [0.25, 0.3) is 10.8 Å². The lowest BCUT2D eigenvalue weighted by atomic mass is 9.81. The maximum absolute atomic E-state index is 15.6. The average Bonchev–Trinajstić information content (AvgIpc) is 4.14. The van der Waals surface area contributed by atoms with Crippen LogP contribution in [0, 0.1) is 17.8 Å². The number of hydrogen-bond acceptors (Lipinski definition) is 10. The number of nitrogens with zero attached hydrogens (tertiary/aromatic N) is 3. The highest BCUT2D eigenvalue weighted by molar-refractivity contribution is 7.91. The van der Waals surface area contributed by atoms with Crippen molar-refractivity contribution >= 4 is 44.6 Å². The van der Waals surface area contributed by atoms with Gasteiger partial charge in [0.15, 0.2) is 0 Å². The Balaban J connectivity index is 1.32. The first-order chi connectivity index (χ1) is 29.6. The van der Waals surface area contributed by atoms with Crippen molar-refractivity contribution in [1.29, 1.82) is 0 Å². The molecule has 346 valence electrons. The molecule has 3 fully saturated rings. The van der Waals surface area contributed by atoms with E-state index < -0.39 is 92.3 Å². The van der Waals surface area contributed by atoms with Crippen LogP contribution in [-0.2, 0) is 30.8 Å². The summed E-state index contributed by atoms with van der Waals surface area (Å²) in [5.41, 5.74) is -3.36. The van der Waals surface area contributed by atoms with Gasteiger partial charge in [-0.2, -0.15) is 4.98 Å². The molecule has 1 aromatic heterocycles. The summed E-state index contributed by atoms with van der Waals surface area (Å²) in [7, 11) is -2.95. The molecule has 19 heteroatoms. The number of pyridine rings is 1. The predicted molar refractivity (Wildman–Crippen MR) is 225 cm³/mol. The molecular formula is C44H58F3N5O10S. The van der Waals surface area contributed by atoms with E-state index in [0.717, 1.165) is 36.1 Å². The molecule has 2 aliphatic carbocycles. The number of rotatable bonds is 11. The zero-order valence-corrected chi connectivity index (χ0v) is 37.4. The number of carbonyl (C=O) groups is 4. The second-order valence-corrected chi connectivity index (χ2v) is 20.7. The van der Waals surface area contributed by atoms with Crippen LogP contribution in [0.3, 0.4) is 0 Å². The van der Waals surface area contributed by atoms with Crippen LogP contribution in [0.15, 0.2) is 30.4 Å². The molecule has 7 atom stereocenters. The first-order valence-corrected chi connectivity index (χ1v) is 23.2. The minimum absolute atomic E-state index is 0.00301. The van der Waals surface area contributed by atoms with Crippen molar-refractivity contribution < 1.29 is 60.1 Å². The van der Waals surface area contributed by atoms with E-state index in [0.29, 0.717) is 54.7 Å². The number of benzene rings is 1. The Labute approximate surface area is 365 Å². The maximum atomic E-state index is 15.6. The topological polar surface area (TPSA) is 194 Å². The predicted octanol–water partition coefficient (Wildman–Crippen LogP) is 5.92. The molecule has 1 saturated heterocycles. The number of sulfonamides is 1. The molecule has 0 spiro atoms. The Kier molecular flexibility index (Phi) is 12.4. The van der Waals surface area contributed by atoms with Gasteiger partial charge in [0.05, 0.1) is 20.3 Å². The molecule has 15 nitrogen and oxygen atoms in total. The summed E-state index contributed by atoms with van der Waals surface area (Å²) in [4.78, 5) is 64.0. The monoisotopic (exact) mass is 905 g/mol. The molecule has 63 heavy (non-hydrogen) atoms. The molecular weight excluding hydrogens is 848 g/mol. The molecule has 2 aromatic rings. The fraction of sp³-hybridized carbons (Fsp3) is 0.659. The van der Waals surface area contributed by atoms with Crippen LogP contribution in [0.4, 0.5) is 18.0 Å². The van der Waals surface area contributed by atoms with Gasteiger partial charge in [-0.15, -0.1) is 0 Å². The number of methoxy groups -OCH3 is 1. The van der Waals surface area contributed by atoms with Gasteiger partial charge in [-0.3, -0.25) is 24.0 Å². The van der Waals surface area contributed by atoms with Crippen molar-refractivity contribution in [3.05, 3.63) is 35.9 Å². The van der Waals surface area contributed by atoms with Crippen molar-refractivity contribution in [3.8, 4) is 17.5 Å². The number of aryl methyl sites for hydroxylation is 1. The fourth-order valence-electron chi connectivity index (χ4n) is 9.45. The highest BCUT2D eigenvalue weighted by atomic mass is 32.2. The lowest BCUT2D eigenvalue weighted by Crippen LogP contribution is -2.67. The molecule has 0 unspecified atom stereocenters. The van der Waals surface area contributed by atoms with E-state index in [9.17, 15) is 32.3 Å². The van der Waals surface area contributed by atoms with Gasteiger partial charge in [-0.1, -0.05) is 32.4 Å². The fourth-order valence-corrected chi connectivity index (χ4v) is 10.9. The highest BCUT2D eigenvalue weighted by Crippen LogP contribution is 2.48. The minimum atomic E-state index is -4.49. The molecule has 7 rings (SSSR count). The molecule has 0 radical (unpaired) electrons. The van der Waals surface area contributed by atoms with E-state index in [-0.39, 0.29) is 56.9 Å². The van der Waals surface area contributed by atoms with Gasteiger partial charge < -0.3 is 29.5 Å². The number of hydrogen-bond donors (Lipinski definition) is 3. The lowest BCUT2D eigenvalue weighted by Gasteiger charge is -2.47. The van der Waals surface area contributed by atoms with E-state index in [1.54, 1.807) is 25.1 Å². The number of allylic oxidation sites excluding steroid dienone is 1. The molecule has 0 bridgehead atoms. The van der Waals surface area contributed by atoms with Crippen molar-refractivity contribution in [2.45, 2.75) is 139 Å². The van der Waals surface area contributed by atoms with Crippen LogP contribution in [0.1, 0.15) is 98.0 Å². The number of carboxylic acid groups (broad SMARTS) is 1. The van der Waals surface area contributed by atoms with Crippen molar-refractivity contribution in [2.75, 3.05) is 26.9 Å². The molecule has 4 heterocycles. The number of amides is 4. The summed E-state index contributed by atoms with van der Waals surface area (Å²) in [5, 5.41) is 14.9. The number of fused-ring (bicyclic) bond motifs is 5. The quantitative estimate of drug-likeness (QED) is 0.227. The van der Waals surface area contributed by atoms with Crippen molar-refractivity contribution in [1.82, 2.24) is 24.8 Å². The van der Waals surface area contributed by atoms with Gasteiger partial charge in [-0.05, 0) is 101 Å². The molecule has 2 saturated carbocycles. The van der Waals surface area contributed by atoms with E-state index in [2.05, 4.69) is 5.32 Å². The van der Waals surface area contributed by atoms with Crippen LogP contribution >= 0.6 is 0 Å². The maximum Gasteiger partial charge on any atom is 0.408 e. The zero-order valence-electron chi connectivity index (χ0n) is 36.5. The van der Waals surface area contributed by atoms with E-state index in [1.165, 1.54) is 7.11 Å². The summed E-state index contributed by atoms with van der Waals surface area (Å²) >= 11 is 0. The van der Waals surface area contributed by atoms with E-state index in [4.69, 9.17) is 19.2 Å². The number of halogens is 3. The zero-order chi connectivity index (χ0) is 45.9. The standard InChI is InChI=1S/C44H58F3N5O10S/c1-7-26-19-25(2)11-8-9-12-27-22-44(27,39(55)50-63(58,59)43(24-45)16-17-43)49-35(53)33-21-29(23-51(33)38(54)34(26)52(40(56)57)41(3,4)42(5,46)47)62-37-31-15-14-28(60-6)20-32(31)30-13-10-18-61-36(30)48-37/h9,12,14-15,20,25-27,29,33-34H,7-8,10-11,13,16-19,21-24H2,1-6H3,(H,49,53)(H,50,55)(H,56,57)/b12-9-/t25-,26+,27+,29+,33-,34-,44+/m0/s1. The van der Waals surface area contributed by atoms with Gasteiger partial charge in [0.1, 0.15) is 46.4 Å². The Hall–Kier alpha value is -4.81. The summed E-state index contributed by atoms with van der Waals surface area (Å²) in [6, 6.07) is 2.18. The van der Waals surface area contributed by atoms with Crippen LogP contribution in [0.5, 0.6) is 17.5 Å². The highest BCUT2D eigenvalue weighted by Gasteiger charge is 2.64. The summed E-state index contributed by atoms with van der Waals surface area (Å²) < 4.78 is 90.0. The summed E-state index contributed by atoms with van der Waals surface area (Å²) in [5.74, 6) is -7.00. The molecule has 3 N–H and O–H groups in total. The van der Waals surface area contributed by atoms with Crippen molar-refractivity contribution in [3.63, 3.8) is 0 Å². The Morgan fingerprint density at radius 2 is 1.89 bits per heavy atom. The third-order valence-corrected chi connectivity index (χ3v) is 16.2. The van der Waals surface area contributed by atoms with Gasteiger partial charge in [0.2, 0.25) is 33.6 Å². The number of nitrogens with one attached hydrogen (secondary N) is 2. The Bertz CT molecular complexity index is 2280. The first kappa shape index (κ1) is 46.2. The van der Waals surface area contributed by atoms with Crippen LogP contribution in [-0.4, -0.2) is 119 Å². The van der Waals surface area contributed by atoms with Crippen LogP contribution < -0.4 is 24.2 Å². The average molecular weight is 906 g/mol. The molecule has 1 aromatic carbocycles. The number of ether oxygens (including phenoxy) is 3. The van der Waals surface area contributed by atoms with Crippen molar-refractivity contribution in [2.24, 2.45) is 17.8 Å². The van der Waals surface area contributed by atoms with Gasteiger partial charge >= 0.3 is 6.09 Å². The van der Waals surface area contributed by atoms with E-state index >= 15 is 13.6 Å². The second kappa shape index (κ2) is 17.0. The largest absolute Gasteiger partial charge is 0.497 e. The normalized spacial score (nSPS) is 29.1. The third-order valence-electron chi connectivity index (χ3n) is 14.1. The lowest BCUT2D eigenvalue weighted by molar-refractivity contribution is -0.157. The first-order valence-electron chi connectivity index (χ1n) is 21.8. The van der Waals surface area contributed by atoms with Crippen LogP contribution in [0.2, 0.25) is 0 Å². The third kappa shape index (κ3) is 8.50. The summed E-state index contributed by atoms with van der Waals surface area (Å²) in [6.45, 7) is 5.29. The van der Waals surface area contributed by atoms with Gasteiger partial charge in [-0.25, -0.2) is 26.4 Å². The number of alkyl halides is 3. The molecule has 4 amide bonds. The summed E-state index contributed by atoms with van der Waals surface area (Å²) in [6.07, 6.45) is 3.58. The minimum Gasteiger partial charge on any atom is -0.497 e.